The first-order chi connectivity index (χ1) is 11.0. The maximum absolute atomic E-state index is 12.3. The van der Waals surface area contributed by atoms with E-state index in [2.05, 4.69) is 19.9 Å². The summed E-state index contributed by atoms with van der Waals surface area (Å²) in [5, 5.41) is 0.134. The van der Waals surface area contributed by atoms with Crippen LogP contribution in [-0.4, -0.2) is 35.3 Å². The van der Waals surface area contributed by atoms with Gasteiger partial charge in [-0.15, -0.1) is 0 Å². The number of aromatic nitrogens is 3. The second kappa shape index (κ2) is 5.77. The van der Waals surface area contributed by atoms with E-state index in [0.29, 0.717) is 22.8 Å². The molecule has 1 aromatic carbocycles. The molecular weight excluding hydrogens is 318 g/mol. The van der Waals surface area contributed by atoms with Gasteiger partial charge in [-0.2, -0.15) is 0 Å². The summed E-state index contributed by atoms with van der Waals surface area (Å²) in [5.74, 6) is 1.02. The number of anilines is 1. The number of ether oxygens (including phenoxy) is 1. The molecule has 23 heavy (non-hydrogen) atoms. The lowest BCUT2D eigenvalue weighted by Gasteiger charge is -2.06. The summed E-state index contributed by atoms with van der Waals surface area (Å²) in [7, 11) is 3.15. The number of halogens is 1. The molecule has 0 fully saturated rings. The van der Waals surface area contributed by atoms with Gasteiger partial charge in [0, 0.05) is 19.3 Å². The Bertz CT molecular complexity index is 974. The van der Waals surface area contributed by atoms with E-state index >= 15 is 0 Å². The minimum atomic E-state index is -0.398. The highest BCUT2D eigenvalue weighted by Crippen LogP contribution is 2.30. The average Bonchev–Trinajstić information content (AvgIpc) is 2.94. The van der Waals surface area contributed by atoms with Crippen LogP contribution in [0, 0.1) is 0 Å². The number of pyridine rings is 1. The van der Waals surface area contributed by atoms with E-state index in [9.17, 15) is 4.79 Å². The molecule has 0 saturated carbocycles. The Morgan fingerprint density at radius 2 is 2.17 bits per heavy atom. The number of H-pyrrole nitrogens is 2. The predicted molar refractivity (Wildman–Crippen MR) is 91.6 cm³/mol. The molecule has 4 N–H and O–H groups in total. The number of aliphatic imine (C=N–C) groups is 1. The zero-order valence-corrected chi connectivity index (χ0v) is 13.2. The number of aromatic amines is 2. The summed E-state index contributed by atoms with van der Waals surface area (Å²) in [5.41, 5.74) is 7.77. The lowest BCUT2D eigenvalue weighted by atomic mass is 10.2. The van der Waals surface area contributed by atoms with Crippen LogP contribution in [-0.2, 0) is 0 Å². The number of nitrogens with two attached hydrogens (primary N) is 1. The summed E-state index contributed by atoms with van der Waals surface area (Å²) in [6.07, 6.45) is 1.44. The van der Waals surface area contributed by atoms with Crippen LogP contribution >= 0.6 is 11.6 Å². The number of hydrogen-bond acceptors (Lipinski definition) is 5. The molecule has 0 spiro atoms. The van der Waals surface area contributed by atoms with Crippen molar-refractivity contribution in [2.45, 2.75) is 0 Å². The Morgan fingerprint density at radius 3 is 2.87 bits per heavy atom. The Labute approximate surface area is 136 Å². The first-order valence-corrected chi connectivity index (χ1v) is 7.10. The molecule has 0 atom stereocenters. The van der Waals surface area contributed by atoms with Gasteiger partial charge in [-0.25, -0.2) is 4.98 Å². The van der Waals surface area contributed by atoms with Crippen molar-refractivity contribution in [2.75, 3.05) is 19.9 Å². The Balaban J connectivity index is 2.22. The fraction of sp³-hybridized carbons (Fsp3) is 0.133. The SMILES string of the molecule is CN=Cc1[nH]c(=O)c(-c2nc3ccc(OC)cc3[nH]2)c(Cl)c1N. The standard InChI is InChI=1S/C15H14ClN5O2/c1-18-6-10-13(17)12(16)11(15(22)21-10)14-19-8-4-3-7(23-2)5-9(8)20-14/h3-6H,17H2,1-2H3,(H,19,20)(H,21,22). The van der Waals surface area contributed by atoms with E-state index in [1.54, 1.807) is 32.4 Å². The molecule has 0 radical (unpaired) electrons. The summed E-state index contributed by atoms with van der Waals surface area (Å²) < 4.78 is 5.17. The lowest BCUT2D eigenvalue weighted by Crippen LogP contribution is -2.15. The number of rotatable bonds is 3. The number of fused-ring (bicyclic) bond motifs is 1. The first-order valence-electron chi connectivity index (χ1n) is 6.72. The highest BCUT2D eigenvalue weighted by Gasteiger charge is 2.18. The van der Waals surface area contributed by atoms with Crippen LogP contribution in [0.3, 0.4) is 0 Å². The third-order valence-electron chi connectivity index (χ3n) is 3.41. The van der Waals surface area contributed by atoms with Gasteiger partial charge in [-0.1, -0.05) is 11.6 Å². The number of methoxy groups -OCH3 is 1. The molecule has 0 aliphatic carbocycles. The van der Waals surface area contributed by atoms with E-state index in [-0.39, 0.29) is 16.3 Å². The molecule has 0 aliphatic heterocycles. The van der Waals surface area contributed by atoms with Crippen molar-refractivity contribution in [1.82, 2.24) is 15.0 Å². The molecule has 8 heteroatoms. The largest absolute Gasteiger partial charge is 0.497 e. The van der Waals surface area contributed by atoms with Gasteiger partial charge in [-0.3, -0.25) is 9.79 Å². The maximum Gasteiger partial charge on any atom is 0.261 e. The molecular formula is C15H14ClN5O2. The minimum absolute atomic E-state index is 0.134. The van der Waals surface area contributed by atoms with Crippen molar-refractivity contribution in [3.05, 3.63) is 39.3 Å². The van der Waals surface area contributed by atoms with Gasteiger partial charge in [0.05, 0.1) is 34.5 Å². The van der Waals surface area contributed by atoms with Gasteiger partial charge >= 0.3 is 0 Å². The summed E-state index contributed by atoms with van der Waals surface area (Å²) in [6, 6.07) is 5.36. The van der Waals surface area contributed by atoms with Crippen molar-refractivity contribution in [3.63, 3.8) is 0 Å². The monoisotopic (exact) mass is 331 g/mol. The summed E-state index contributed by atoms with van der Waals surface area (Å²) >= 11 is 6.27. The van der Waals surface area contributed by atoms with E-state index in [1.165, 1.54) is 6.21 Å². The fourth-order valence-corrected chi connectivity index (χ4v) is 2.56. The number of nitrogen functional groups attached to an aromatic ring is 1. The number of nitrogens with one attached hydrogen (secondary N) is 2. The Kier molecular flexibility index (Phi) is 3.79. The zero-order valence-electron chi connectivity index (χ0n) is 12.5. The Morgan fingerprint density at radius 1 is 1.39 bits per heavy atom. The third-order valence-corrected chi connectivity index (χ3v) is 3.80. The van der Waals surface area contributed by atoms with Crippen LogP contribution in [0.1, 0.15) is 5.69 Å². The smallest absolute Gasteiger partial charge is 0.261 e. The van der Waals surface area contributed by atoms with Gasteiger partial charge in [0.1, 0.15) is 17.1 Å². The number of nitrogens with zero attached hydrogens (tertiary/aromatic N) is 2. The van der Waals surface area contributed by atoms with Crippen LogP contribution in [0.15, 0.2) is 28.0 Å². The summed E-state index contributed by atoms with van der Waals surface area (Å²) in [4.78, 5) is 26.3. The van der Waals surface area contributed by atoms with Crippen LogP contribution in [0.5, 0.6) is 5.75 Å². The molecule has 0 unspecified atom stereocenters. The van der Waals surface area contributed by atoms with Crippen LogP contribution in [0.4, 0.5) is 5.69 Å². The van der Waals surface area contributed by atoms with E-state index in [1.807, 2.05) is 0 Å². The van der Waals surface area contributed by atoms with E-state index < -0.39 is 5.56 Å². The van der Waals surface area contributed by atoms with Gasteiger partial charge in [0.25, 0.3) is 5.56 Å². The highest BCUT2D eigenvalue weighted by molar-refractivity contribution is 6.36. The number of benzene rings is 1. The van der Waals surface area contributed by atoms with Crippen molar-refractivity contribution < 1.29 is 4.74 Å². The fourth-order valence-electron chi connectivity index (χ4n) is 2.28. The molecule has 2 aromatic heterocycles. The zero-order chi connectivity index (χ0) is 16.6. The average molecular weight is 332 g/mol. The van der Waals surface area contributed by atoms with Crippen molar-refractivity contribution in [3.8, 4) is 17.1 Å². The molecule has 0 bridgehead atoms. The number of hydrogen-bond donors (Lipinski definition) is 3. The van der Waals surface area contributed by atoms with Crippen molar-refractivity contribution in [2.24, 2.45) is 4.99 Å². The Hall–Kier alpha value is -2.80. The highest BCUT2D eigenvalue weighted by atomic mass is 35.5. The van der Waals surface area contributed by atoms with E-state index in [0.717, 1.165) is 5.52 Å². The van der Waals surface area contributed by atoms with Crippen LogP contribution < -0.4 is 16.0 Å². The molecule has 0 aliphatic rings. The van der Waals surface area contributed by atoms with Gasteiger partial charge in [0.15, 0.2) is 0 Å². The van der Waals surface area contributed by atoms with Gasteiger partial charge in [0.2, 0.25) is 0 Å². The van der Waals surface area contributed by atoms with Crippen molar-refractivity contribution in [1.29, 1.82) is 0 Å². The van der Waals surface area contributed by atoms with Crippen LogP contribution in [0.2, 0.25) is 5.02 Å². The normalized spacial score (nSPS) is 11.4. The predicted octanol–water partition coefficient (Wildman–Crippen LogP) is 2.21. The summed E-state index contributed by atoms with van der Waals surface area (Å²) in [6.45, 7) is 0. The molecule has 3 aromatic rings. The quantitative estimate of drug-likeness (QED) is 0.639. The minimum Gasteiger partial charge on any atom is -0.497 e. The topological polar surface area (TPSA) is 109 Å². The molecule has 7 nitrogen and oxygen atoms in total. The van der Waals surface area contributed by atoms with E-state index in [4.69, 9.17) is 22.1 Å². The molecule has 3 rings (SSSR count). The molecule has 118 valence electrons. The van der Waals surface area contributed by atoms with Gasteiger partial charge < -0.3 is 20.4 Å². The second-order valence-corrected chi connectivity index (χ2v) is 5.20. The lowest BCUT2D eigenvalue weighted by molar-refractivity contribution is 0.415. The maximum atomic E-state index is 12.3. The molecule has 2 heterocycles. The second-order valence-electron chi connectivity index (χ2n) is 4.83. The molecule has 0 saturated heterocycles. The number of imidazole rings is 1. The molecule has 0 amide bonds. The first kappa shape index (κ1) is 15.1. The van der Waals surface area contributed by atoms with Gasteiger partial charge in [-0.05, 0) is 12.1 Å². The van der Waals surface area contributed by atoms with Crippen molar-refractivity contribution >= 4 is 34.5 Å². The van der Waals surface area contributed by atoms with Crippen LogP contribution in [0.25, 0.3) is 22.4 Å². The third kappa shape index (κ3) is 2.55.